The fourth-order valence-electron chi connectivity index (χ4n) is 4.18. The summed E-state index contributed by atoms with van der Waals surface area (Å²) < 4.78 is 5.93. The van der Waals surface area contributed by atoms with E-state index >= 15 is 0 Å². The fourth-order valence-corrected chi connectivity index (χ4v) is 5.63. The summed E-state index contributed by atoms with van der Waals surface area (Å²) in [6.45, 7) is 0.948. The fraction of sp³-hybridized carbons (Fsp3) is 0.0571. The number of para-hydroxylation sites is 1. The van der Waals surface area contributed by atoms with Crippen molar-refractivity contribution in [1.29, 1.82) is 0 Å². The Balaban J connectivity index is 1.33. The zero-order valence-corrected chi connectivity index (χ0v) is 24.4. The van der Waals surface area contributed by atoms with Crippen LogP contribution in [0.2, 0.25) is 10.0 Å². The van der Waals surface area contributed by atoms with Crippen LogP contribution in [0.15, 0.2) is 143 Å². The summed E-state index contributed by atoms with van der Waals surface area (Å²) in [4.78, 5) is 17.3. The van der Waals surface area contributed by atoms with E-state index in [0.717, 1.165) is 38.0 Å². The molecule has 0 radical (unpaired) electrons. The van der Waals surface area contributed by atoms with Crippen molar-refractivity contribution in [1.82, 2.24) is 4.90 Å². The Hall–Kier alpha value is -3.96. The molecule has 0 aliphatic rings. The molecule has 0 saturated carbocycles. The molecule has 0 aliphatic heterocycles. The monoisotopic (exact) mass is 595 g/mol. The van der Waals surface area contributed by atoms with Gasteiger partial charge < -0.3 is 9.64 Å². The van der Waals surface area contributed by atoms with Crippen LogP contribution >= 0.6 is 35.0 Å². The van der Waals surface area contributed by atoms with Gasteiger partial charge in [-0.15, -0.1) is 0 Å². The van der Waals surface area contributed by atoms with E-state index in [0.29, 0.717) is 23.1 Å². The summed E-state index contributed by atoms with van der Waals surface area (Å²) in [6.07, 6.45) is 3.50. The number of carbonyl (C=O) groups is 1. The van der Waals surface area contributed by atoms with Crippen LogP contribution in [-0.2, 0) is 17.9 Å². The molecular weight excluding hydrogens is 569 g/mol. The molecule has 0 atom stereocenters. The number of hydrogen-bond acceptors (Lipinski definition) is 3. The number of halogens is 2. The molecule has 6 heteroatoms. The van der Waals surface area contributed by atoms with Gasteiger partial charge in [-0.05, 0) is 71.3 Å². The lowest BCUT2D eigenvalue weighted by Crippen LogP contribution is -2.28. The first-order valence-electron chi connectivity index (χ1n) is 13.1. The van der Waals surface area contributed by atoms with E-state index in [1.54, 1.807) is 12.1 Å². The molecule has 1 amide bonds. The van der Waals surface area contributed by atoms with Crippen LogP contribution in [-0.4, -0.2) is 10.8 Å². The lowest BCUT2D eigenvalue weighted by Gasteiger charge is -2.22. The predicted molar refractivity (Wildman–Crippen MR) is 170 cm³/mol. The van der Waals surface area contributed by atoms with Crippen molar-refractivity contribution >= 4 is 46.9 Å². The molecule has 5 rings (SSSR count). The summed E-state index contributed by atoms with van der Waals surface area (Å²) >= 11 is 14.0. The summed E-state index contributed by atoms with van der Waals surface area (Å²) in [6, 6.07) is 40.9. The molecule has 3 nitrogen and oxygen atoms in total. The minimum atomic E-state index is -0.0807. The standard InChI is InChI=1S/C35H27Cl2NO2S/c36-29-18-21-34(32(37)23-29)41-33-14-8-7-11-28(33)17-22-35(39)38(24-26-9-3-1-4-10-26)25-27-15-19-31(20-16-27)40-30-12-5-2-6-13-30/h1-23H,24-25H2/b22-17+. The second-order valence-electron chi connectivity index (χ2n) is 9.29. The molecule has 41 heavy (non-hydrogen) atoms. The van der Waals surface area contributed by atoms with Crippen LogP contribution in [0, 0.1) is 0 Å². The van der Waals surface area contributed by atoms with Gasteiger partial charge in [-0.2, -0.15) is 0 Å². The molecule has 0 heterocycles. The number of rotatable bonds is 10. The summed E-state index contributed by atoms with van der Waals surface area (Å²) in [5.74, 6) is 1.45. The topological polar surface area (TPSA) is 29.5 Å². The second-order valence-corrected chi connectivity index (χ2v) is 11.2. The molecular formula is C35H27Cl2NO2S. The minimum Gasteiger partial charge on any atom is -0.457 e. The molecule has 0 fully saturated rings. The van der Waals surface area contributed by atoms with Gasteiger partial charge in [0.15, 0.2) is 0 Å². The van der Waals surface area contributed by atoms with E-state index in [1.807, 2.05) is 132 Å². The quantitative estimate of drug-likeness (QED) is 0.150. The maximum Gasteiger partial charge on any atom is 0.247 e. The van der Waals surface area contributed by atoms with Crippen molar-refractivity contribution in [3.63, 3.8) is 0 Å². The van der Waals surface area contributed by atoms with Gasteiger partial charge >= 0.3 is 0 Å². The SMILES string of the molecule is O=C(/C=C/c1ccccc1Sc1ccc(Cl)cc1Cl)N(Cc1ccccc1)Cc1ccc(Oc2ccccc2)cc1. The largest absolute Gasteiger partial charge is 0.457 e. The number of nitrogens with zero attached hydrogens (tertiary/aromatic N) is 1. The van der Waals surface area contributed by atoms with Crippen molar-refractivity contribution in [2.75, 3.05) is 0 Å². The summed E-state index contributed by atoms with van der Waals surface area (Å²) in [7, 11) is 0. The van der Waals surface area contributed by atoms with Gasteiger partial charge in [-0.1, -0.05) is 114 Å². The number of benzene rings is 5. The Kier molecular flexibility index (Phi) is 9.82. The van der Waals surface area contributed by atoms with E-state index in [2.05, 4.69) is 0 Å². The molecule has 0 N–H and O–H groups in total. The molecule has 0 spiro atoms. The Morgan fingerprint density at radius 2 is 1.29 bits per heavy atom. The van der Waals surface area contributed by atoms with Crippen molar-refractivity contribution in [3.8, 4) is 11.5 Å². The molecule has 5 aromatic carbocycles. The Morgan fingerprint density at radius 1 is 0.683 bits per heavy atom. The third kappa shape index (κ3) is 8.27. The first kappa shape index (κ1) is 28.6. The lowest BCUT2D eigenvalue weighted by atomic mass is 10.1. The zero-order valence-electron chi connectivity index (χ0n) is 22.1. The smallest absolute Gasteiger partial charge is 0.247 e. The van der Waals surface area contributed by atoms with Crippen LogP contribution in [0.25, 0.3) is 6.08 Å². The van der Waals surface area contributed by atoms with Crippen LogP contribution < -0.4 is 4.74 Å². The highest BCUT2D eigenvalue weighted by Gasteiger charge is 2.14. The van der Waals surface area contributed by atoms with E-state index in [-0.39, 0.29) is 5.91 Å². The number of ether oxygens (including phenoxy) is 1. The van der Waals surface area contributed by atoms with Crippen LogP contribution in [0.5, 0.6) is 11.5 Å². The van der Waals surface area contributed by atoms with Gasteiger partial charge in [0.05, 0.1) is 5.02 Å². The van der Waals surface area contributed by atoms with Crippen molar-refractivity contribution < 1.29 is 9.53 Å². The predicted octanol–water partition coefficient (Wildman–Crippen LogP) is 10.2. The van der Waals surface area contributed by atoms with E-state index in [4.69, 9.17) is 27.9 Å². The van der Waals surface area contributed by atoms with Gasteiger partial charge in [0.2, 0.25) is 5.91 Å². The highest BCUT2D eigenvalue weighted by molar-refractivity contribution is 7.99. The molecule has 0 bridgehead atoms. The maximum atomic E-state index is 13.6. The maximum absolute atomic E-state index is 13.6. The average molecular weight is 597 g/mol. The second kappa shape index (κ2) is 14.1. The van der Waals surface area contributed by atoms with E-state index in [9.17, 15) is 4.79 Å². The van der Waals surface area contributed by atoms with Crippen LogP contribution in [0.1, 0.15) is 16.7 Å². The van der Waals surface area contributed by atoms with E-state index < -0.39 is 0 Å². The molecule has 0 aliphatic carbocycles. The summed E-state index contributed by atoms with van der Waals surface area (Å²) in [5.41, 5.74) is 3.00. The highest BCUT2D eigenvalue weighted by Crippen LogP contribution is 2.36. The van der Waals surface area contributed by atoms with Gasteiger partial charge in [-0.3, -0.25) is 4.79 Å². The normalized spacial score (nSPS) is 11.0. The van der Waals surface area contributed by atoms with Gasteiger partial charge in [-0.25, -0.2) is 0 Å². The number of hydrogen-bond donors (Lipinski definition) is 0. The van der Waals surface area contributed by atoms with Gasteiger partial charge in [0.25, 0.3) is 0 Å². The molecule has 0 aromatic heterocycles. The van der Waals surface area contributed by atoms with Crippen molar-refractivity contribution in [3.05, 3.63) is 160 Å². The Labute approximate surface area is 255 Å². The summed E-state index contributed by atoms with van der Waals surface area (Å²) in [5, 5.41) is 1.18. The van der Waals surface area contributed by atoms with Crippen LogP contribution in [0.4, 0.5) is 0 Å². The van der Waals surface area contributed by atoms with Crippen LogP contribution in [0.3, 0.4) is 0 Å². The first-order valence-corrected chi connectivity index (χ1v) is 14.7. The average Bonchev–Trinajstić information content (AvgIpc) is 2.99. The van der Waals surface area contributed by atoms with E-state index in [1.165, 1.54) is 11.8 Å². The molecule has 204 valence electrons. The highest BCUT2D eigenvalue weighted by atomic mass is 35.5. The zero-order chi connectivity index (χ0) is 28.4. The number of amides is 1. The lowest BCUT2D eigenvalue weighted by molar-refractivity contribution is -0.127. The minimum absolute atomic E-state index is 0.0807. The van der Waals surface area contributed by atoms with Crippen molar-refractivity contribution in [2.45, 2.75) is 22.9 Å². The van der Waals surface area contributed by atoms with Gasteiger partial charge in [0.1, 0.15) is 11.5 Å². The molecule has 5 aromatic rings. The Bertz CT molecular complexity index is 1620. The molecule has 0 unspecified atom stereocenters. The number of carbonyl (C=O) groups excluding carboxylic acids is 1. The Morgan fingerprint density at radius 3 is 2.00 bits per heavy atom. The third-order valence-electron chi connectivity index (χ3n) is 6.24. The molecule has 0 saturated heterocycles. The van der Waals surface area contributed by atoms with Gasteiger partial charge in [0, 0.05) is 34.0 Å². The van der Waals surface area contributed by atoms with Crippen molar-refractivity contribution in [2.24, 2.45) is 0 Å². The first-order chi connectivity index (χ1) is 20.0. The third-order valence-corrected chi connectivity index (χ3v) is 8.07.